The van der Waals surface area contributed by atoms with Gasteiger partial charge in [0.1, 0.15) is 10.9 Å². The van der Waals surface area contributed by atoms with E-state index >= 15 is 0 Å². The SMILES string of the molecule is CCC(F)CCCCSC(C(=O)OC(C)(C)C)C(C)C. The molecule has 0 aromatic heterocycles. The average molecular weight is 306 g/mol. The van der Waals surface area contributed by atoms with Gasteiger partial charge in [-0.25, -0.2) is 4.39 Å². The number of unbranched alkanes of at least 4 members (excludes halogenated alkanes) is 1. The molecule has 120 valence electrons. The van der Waals surface area contributed by atoms with Crippen molar-refractivity contribution in [2.75, 3.05) is 5.75 Å². The number of carbonyl (C=O) groups is 1. The Bertz CT molecular complexity index is 274. The number of esters is 1. The lowest BCUT2D eigenvalue weighted by Crippen LogP contribution is -2.33. The van der Waals surface area contributed by atoms with Gasteiger partial charge in [0, 0.05) is 0 Å². The summed E-state index contributed by atoms with van der Waals surface area (Å²) in [6.07, 6.45) is 2.40. The number of ether oxygens (including phenoxy) is 1. The number of alkyl halides is 1. The molecule has 0 aromatic rings. The molecule has 0 bridgehead atoms. The van der Waals surface area contributed by atoms with E-state index in [0.29, 0.717) is 12.8 Å². The highest BCUT2D eigenvalue weighted by molar-refractivity contribution is 8.00. The second-order valence-corrected chi connectivity index (χ2v) is 7.82. The Labute approximate surface area is 128 Å². The molecule has 0 saturated carbocycles. The van der Waals surface area contributed by atoms with Crippen molar-refractivity contribution >= 4 is 17.7 Å². The van der Waals surface area contributed by atoms with E-state index in [4.69, 9.17) is 4.74 Å². The minimum Gasteiger partial charge on any atom is -0.459 e. The van der Waals surface area contributed by atoms with Gasteiger partial charge in [0.25, 0.3) is 0 Å². The van der Waals surface area contributed by atoms with Crippen molar-refractivity contribution in [1.82, 2.24) is 0 Å². The van der Waals surface area contributed by atoms with Crippen LogP contribution in [0, 0.1) is 5.92 Å². The van der Waals surface area contributed by atoms with Crippen molar-refractivity contribution in [2.45, 2.75) is 84.2 Å². The lowest BCUT2D eigenvalue weighted by molar-refractivity contribution is -0.154. The molecule has 0 aliphatic carbocycles. The first kappa shape index (κ1) is 19.8. The standard InChI is InChI=1S/C16H31FO2S/c1-7-13(17)10-8-9-11-20-14(12(2)3)15(18)19-16(4,5)6/h12-14H,7-11H2,1-6H3. The zero-order valence-corrected chi connectivity index (χ0v) is 14.7. The van der Waals surface area contributed by atoms with Gasteiger partial charge in [-0.2, -0.15) is 0 Å². The van der Waals surface area contributed by atoms with Crippen LogP contribution in [0.15, 0.2) is 0 Å². The number of rotatable bonds is 9. The molecule has 0 aromatic carbocycles. The minimum absolute atomic E-state index is 0.124. The summed E-state index contributed by atoms with van der Waals surface area (Å²) in [5.41, 5.74) is -0.437. The van der Waals surface area contributed by atoms with E-state index in [-0.39, 0.29) is 17.1 Å². The van der Waals surface area contributed by atoms with Crippen molar-refractivity contribution in [3.63, 3.8) is 0 Å². The Hall–Kier alpha value is -0.250. The highest BCUT2D eigenvalue weighted by Gasteiger charge is 2.27. The monoisotopic (exact) mass is 306 g/mol. The quantitative estimate of drug-likeness (QED) is 0.443. The van der Waals surface area contributed by atoms with Crippen LogP contribution in [-0.4, -0.2) is 28.7 Å². The highest BCUT2D eigenvalue weighted by Crippen LogP contribution is 2.25. The van der Waals surface area contributed by atoms with Gasteiger partial charge in [0.05, 0.1) is 6.17 Å². The van der Waals surface area contributed by atoms with Crippen LogP contribution in [0.4, 0.5) is 4.39 Å². The molecule has 0 heterocycles. The molecule has 0 saturated heterocycles. The predicted molar refractivity (Wildman–Crippen MR) is 86.0 cm³/mol. The average Bonchev–Trinajstić information content (AvgIpc) is 2.30. The Morgan fingerprint density at radius 2 is 1.85 bits per heavy atom. The van der Waals surface area contributed by atoms with Crippen LogP contribution in [-0.2, 0) is 9.53 Å². The van der Waals surface area contributed by atoms with Gasteiger partial charge in [-0.3, -0.25) is 4.79 Å². The Morgan fingerprint density at radius 1 is 1.25 bits per heavy atom. The fourth-order valence-electron chi connectivity index (χ4n) is 1.77. The molecule has 20 heavy (non-hydrogen) atoms. The Morgan fingerprint density at radius 3 is 2.30 bits per heavy atom. The lowest BCUT2D eigenvalue weighted by Gasteiger charge is -2.25. The summed E-state index contributed by atoms with van der Waals surface area (Å²) in [5.74, 6) is 1.01. The van der Waals surface area contributed by atoms with E-state index in [9.17, 15) is 9.18 Å². The third kappa shape index (κ3) is 9.62. The van der Waals surface area contributed by atoms with Gasteiger partial charge >= 0.3 is 5.97 Å². The van der Waals surface area contributed by atoms with Crippen LogP contribution in [0.3, 0.4) is 0 Å². The van der Waals surface area contributed by atoms with Crippen LogP contribution in [0.25, 0.3) is 0 Å². The number of hydrogen-bond acceptors (Lipinski definition) is 3. The molecule has 0 aliphatic rings. The Kier molecular flexibility index (Phi) is 9.52. The molecule has 2 nitrogen and oxygen atoms in total. The topological polar surface area (TPSA) is 26.3 Å². The number of carbonyl (C=O) groups excluding carboxylic acids is 1. The maximum absolute atomic E-state index is 13.1. The number of thioether (sulfide) groups is 1. The van der Waals surface area contributed by atoms with Gasteiger partial charge < -0.3 is 4.74 Å². The molecule has 0 amide bonds. The van der Waals surface area contributed by atoms with Crippen LogP contribution in [0.2, 0.25) is 0 Å². The molecular formula is C16H31FO2S. The van der Waals surface area contributed by atoms with E-state index < -0.39 is 11.8 Å². The van der Waals surface area contributed by atoms with E-state index in [1.807, 2.05) is 41.5 Å². The molecule has 0 spiro atoms. The lowest BCUT2D eigenvalue weighted by atomic mass is 10.1. The third-order valence-corrected chi connectivity index (χ3v) is 4.52. The summed E-state index contributed by atoms with van der Waals surface area (Å²) in [7, 11) is 0. The first-order chi connectivity index (χ1) is 9.17. The van der Waals surface area contributed by atoms with Crippen molar-refractivity contribution in [3.8, 4) is 0 Å². The summed E-state index contributed by atoms with van der Waals surface area (Å²) in [6.45, 7) is 11.6. The van der Waals surface area contributed by atoms with Crippen molar-refractivity contribution < 1.29 is 13.9 Å². The van der Waals surface area contributed by atoms with Gasteiger partial charge in [-0.1, -0.05) is 20.8 Å². The molecular weight excluding hydrogens is 275 g/mol. The van der Waals surface area contributed by atoms with Crippen LogP contribution in [0.5, 0.6) is 0 Å². The molecule has 0 N–H and O–H groups in total. The Balaban J connectivity index is 4.07. The first-order valence-corrected chi connectivity index (χ1v) is 8.70. The summed E-state index contributed by atoms with van der Waals surface area (Å²) >= 11 is 1.64. The second-order valence-electron chi connectivity index (χ2n) is 6.57. The summed E-state index contributed by atoms with van der Waals surface area (Å²) in [4.78, 5) is 12.1. The van der Waals surface area contributed by atoms with Crippen molar-refractivity contribution in [2.24, 2.45) is 5.92 Å². The maximum atomic E-state index is 13.1. The molecule has 0 aliphatic heterocycles. The summed E-state index contributed by atoms with van der Waals surface area (Å²) in [6, 6.07) is 0. The first-order valence-electron chi connectivity index (χ1n) is 7.66. The maximum Gasteiger partial charge on any atom is 0.319 e. The normalized spacial score (nSPS) is 15.2. The van der Waals surface area contributed by atoms with E-state index in [2.05, 4.69) is 0 Å². The molecule has 0 fully saturated rings. The van der Waals surface area contributed by atoms with E-state index in [0.717, 1.165) is 18.6 Å². The largest absolute Gasteiger partial charge is 0.459 e. The summed E-state index contributed by atoms with van der Waals surface area (Å²) in [5, 5.41) is -0.124. The van der Waals surface area contributed by atoms with Gasteiger partial charge in [0.2, 0.25) is 0 Å². The fourth-order valence-corrected chi connectivity index (χ4v) is 2.97. The number of halogens is 1. The zero-order valence-electron chi connectivity index (χ0n) is 13.9. The van der Waals surface area contributed by atoms with Crippen LogP contribution in [0.1, 0.15) is 67.2 Å². The predicted octanol–water partition coefficient (Wildman–Crippen LogP) is 5.00. The van der Waals surface area contributed by atoms with E-state index in [1.165, 1.54) is 0 Å². The zero-order chi connectivity index (χ0) is 15.8. The number of hydrogen-bond donors (Lipinski definition) is 0. The van der Waals surface area contributed by atoms with Gasteiger partial charge in [-0.05, 0) is 58.1 Å². The van der Waals surface area contributed by atoms with Gasteiger partial charge in [0.15, 0.2) is 0 Å². The highest BCUT2D eigenvalue weighted by atomic mass is 32.2. The molecule has 0 radical (unpaired) electrons. The molecule has 0 rings (SSSR count). The fraction of sp³-hybridized carbons (Fsp3) is 0.938. The third-order valence-electron chi connectivity index (χ3n) is 2.90. The van der Waals surface area contributed by atoms with Gasteiger partial charge in [-0.15, -0.1) is 11.8 Å². The van der Waals surface area contributed by atoms with Crippen LogP contribution < -0.4 is 0 Å². The van der Waals surface area contributed by atoms with E-state index in [1.54, 1.807) is 11.8 Å². The second kappa shape index (κ2) is 9.64. The molecule has 2 atom stereocenters. The molecule has 2 unspecified atom stereocenters. The smallest absolute Gasteiger partial charge is 0.319 e. The minimum atomic E-state index is -0.674. The molecule has 4 heteroatoms. The van der Waals surface area contributed by atoms with Crippen molar-refractivity contribution in [3.05, 3.63) is 0 Å². The van der Waals surface area contributed by atoms with Crippen LogP contribution >= 0.6 is 11.8 Å². The summed E-state index contributed by atoms with van der Waals surface area (Å²) < 4.78 is 18.5. The van der Waals surface area contributed by atoms with Crippen molar-refractivity contribution in [1.29, 1.82) is 0 Å².